The van der Waals surface area contributed by atoms with E-state index in [-0.39, 0.29) is 30.1 Å². The van der Waals surface area contributed by atoms with Crippen molar-refractivity contribution in [3.63, 3.8) is 0 Å². The van der Waals surface area contributed by atoms with E-state index in [0.717, 1.165) is 0 Å². The number of hydrogen-bond acceptors (Lipinski definition) is 7. The number of carbonyl (C=O) groups is 3. The van der Waals surface area contributed by atoms with Gasteiger partial charge in [-0.25, -0.2) is 4.79 Å². The summed E-state index contributed by atoms with van der Waals surface area (Å²) in [6, 6.07) is 9.26. The molecule has 184 valence electrons. The number of Topliss-reactive ketones (excluding diaryl/α,β-unsaturated/α-hetero) is 1. The van der Waals surface area contributed by atoms with E-state index in [2.05, 4.69) is 4.98 Å². The van der Waals surface area contributed by atoms with Crippen LogP contribution in [0.5, 0.6) is 5.75 Å². The van der Waals surface area contributed by atoms with Crippen LogP contribution in [0.4, 0.5) is 4.79 Å². The third-order valence-corrected chi connectivity index (χ3v) is 6.52. The average molecular weight is 480 g/mol. The standard InChI is InChI=1S/C26H29N3O6/c1-4-35-26(33)28-13-10-17(11-14-28)29-22(20-7-5-6-12-27-20)21(24(31)25(29)32)23(30)19-9-8-18(34-3)15-16(19)2/h5-9,12,15,17,22,30H,4,10-11,13-14H2,1-3H3/b23-21+. The zero-order valence-corrected chi connectivity index (χ0v) is 20.1. The number of aryl methyl sites for hydroxylation is 1. The van der Waals surface area contributed by atoms with Gasteiger partial charge in [0, 0.05) is 30.9 Å². The molecule has 35 heavy (non-hydrogen) atoms. The summed E-state index contributed by atoms with van der Waals surface area (Å²) in [5, 5.41) is 11.3. The van der Waals surface area contributed by atoms with E-state index in [1.54, 1.807) is 68.5 Å². The van der Waals surface area contributed by atoms with Crippen molar-refractivity contribution >= 4 is 23.5 Å². The van der Waals surface area contributed by atoms with Crippen molar-refractivity contribution in [1.82, 2.24) is 14.8 Å². The third kappa shape index (κ3) is 4.58. The molecule has 9 heteroatoms. The number of aromatic nitrogens is 1. The molecule has 0 saturated carbocycles. The van der Waals surface area contributed by atoms with Gasteiger partial charge in [-0.15, -0.1) is 0 Å². The van der Waals surface area contributed by atoms with Crippen molar-refractivity contribution in [2.24, 2.45) is 0 Å². The summed E-state index contributed by atoms with van der Waals surface area (Å²) in [5.74, 6) is -1.05. The van der Waals surface area contributed by atoms with Gasteiger partial charge < -0.3 is 24.4 Å². The molecule has 3 heterocycles. The van der Waals surface area contributed by atoms with Gasteiger partial charge in [-0.05, 0) is 62.6 Å². The first-order valence-electron chi connectivity index (χ1n) is 11.6. The number of aliphatic hydroxyl groups is 1. The molecule has 2 aliphatic heterocycles. The summed E-state index contributed by atoms with van der Waals surface area (Å²) < 4.78 is 10.3. The maximum absolute atomic E-state index is 13.3. The summed E-state index contributed by atoms with van der Waals surface area (Å²) in [4.78, 5) is 46.3. The Morgan fingerprint density at radius 2 is 1.91 bits per heavy atom. The van der Waals surface area contributed by atoms with E-state index < -0.39 is 17.7 Å². The minimum Gasteiger partial charge on any atom is -0.507 e. The molecule has 1 N–H and O–H groups in total. The molecule has 0 aliphatic carbocycles. The summed E-state index contributed by atoms with van der Waals surface area (Å²) in [5.41, 5.74) is 1.65. The van der Waals surface area contributed by atoms with Crippen molar-refractivity contribution in [3.8, 4) is 5.75 Å². The van der Waals surface area contributed by atoms with Crippen LogP contribution >= 0.6 is 0 Å². The van der Waals surface area contributed by atoms with E-state index >= 15 is 0 Å². The Balaban J connectivity index is 1.74. The van der Waals surface area contributed by atoms with Gasteiger partial charge in [0.1, 0.15) is 17.6 Å². The van der Waals surface area contributed by atoms with Crippen LogP contribution < -0.4 is 4.74 Å². The molecule has 0 radical (unpaired) electrons. The van der Waals surface area contributed by atoms with Crippen LogP contribution in [0.1, 0.15) is 42.6 Å². The van der Waals surface area contributed by atoms with Crippen molar-refractivity contribution in [2.45, 2.75) is 38.8 Å². The first kappa shape index (κ1) is 24.3. The molecule has 1 aromatic heterocycles. The molecule has 2 saturated heterocycles. The topological polar surface area (TPSA) is 109 Å². The van der Waals surface area contributed by atoms with Crippen LogP contribution in [0.25, 0.3) is 5.76 Å². The van der Waals surface area contributed by atoms with Crippen molar-refractivity contribution < 1.29 is 29.0 Å². The molecule has 4 rings (SSSR count). The van der Waals surface area contributed by atoms with Crippen molar-refractivity contribution in [1.29, 1.82) is 0 Å². The first-order chi connectivity index (χ1) is 16.9. The van der Waals surface area contributed by atoms with Crippen LogP contribution in [-0.4, -0.2) is 70.5 Å². The summed E-state index contributed by atoms with van der Waals surface area (Å²) in [6.07, 6.45) is 2.18. The largest absolute Gasteiger partial charge is 0.507 e. The minimum atomic E-state index is -0.836. The van der Waals surface area contributed by atoms with Gasteiger partial charge in [-0.3, -0.25) is 14.6 Å². The Hall–Kier alpha value is -3.88. The molecule has 2 fully saturated rings. The highest BCUT2D eigenvalue weighted by Gasteiger charge is 2.50. The highest BCUT2D eigenvalue weighted by molar-refractivity contribution is 6.46. The number of likely N-dealkylation sites (tertiary alicyclic amines) is 2. The lowest BCUT2D eigenvalue weighted by Crippen LogP contribution is -2.48. The van der Waals surface area contributed by atoms with Gasteiger partial charge in [0.15, 0.2) is 0 Å². The number of pyridine rings is 1. The van der Waals surface area contributed by atoms with E-state index in [4.69, 9.17) is 9.47 Å². The maximum Gasteiger partial charge on any atom is 0.409 e. The van der Waals surface area contributed by atoms with Gasteiger partial charge in [-0.1, -0.05) is 6.07 Å². The monoisotopic (exact) mass is 479 g/mol. The Kier molecular flexibility index (Phi) is 7.04. The smallest absolute Gasteiger partial charge is 0.409 e. The second kappa shape index (κ2) is 10.2. The van der Waals surface area contributed by atoms with Crippen molar-refractivity contribution in [3.05, 3.63) is 65.0 Å². The molecule has 0 bridgehead atoms. The average Bonchev–Trinajstić information content (AvgIpc) is 3.14. The van der Waals surface area contributed by atoms with Gasteiger partial charge in [-0.2, -0.15) is 0 Å². The van der Waals surface area contributed by atoms with Crippen LogP contribution in [0, 0.1) is 6.92 Å². The number of amides is 2. The number of aliphatic hydroxyl groups excluding tert-OH is 1. The number of nitrogens with zero attached hydrogens (tertiary/aromatic N) is 3. The normalized spacial score (nSPS) is 20.3. The summed E-state index contributed by atoms with van der Waals surface area (Å²) in [6.45, 7) is 4.64. The van der Waals surface area contributed by atoms with Crippen LogP contribution in [0.2, 0.25) is 0 Å². The van der Waals surface area contributed by atoms with Gasteiger partial charge >= 0.3 is 6.09 Å². The highest BCUT2D eigenvalue weighted by atomic mass is 16.6. The zero-order valence-electron chi connectivity index (χ0n) is 20.1. The molecule has 2 aliphatic rings. The fourth-order valence-corrected chi connectivity index (χ4v) is 4.77. The van der Waals surface area contributed by atoms with Gasteiger partial charge in [0.25, 0.3) is 11.7 Å². The fraction of sp³-hybridized carbons (Fsp3) is 0.385. The number of carbonyl (C=O) groups excluding carboxylic acids is 3. The summed E-state index contributed by atoms with van der Waals surface area (Å²) in [7, 11) is 1.55. The highest BCUT2D eigenvalue weighted by Crippen LogP contribution is 2.42. The number of ketones is 1. The van der Waals surface area contributed by atoms with Crippen LogP contribution in [-0.2, 0) is 14.3 Å². The third-order valence-electron chi connectivity index (χ3n) is 6.52. The quantitative estimate of drug-likeness (QED) is 0.397. The second-order valence-corrected chi connectivity index (χ2v) is 8.56. The lowest BCUT2D eigenvalue weighted by molar-refractivity contribution is -0.142. The molecular weight excluding hydrogens is 450 g/mol. The molecule has 9 nitrogen and oxygen atoms in total. The Bertz CT molecular complexity index is 1150. The van der Waals surface area contributed by atoms with E-state index in [1.807, 2.05) is 0 Å². The van der Waals surface area contributed by atoms with E-state index in [9.17, 15) is 19.5 Å². The van der Waals surface area contributed by atoms with Crippen LogP contribution in [0.3, 0.4) is 0 Å². The maximum atomic E-state index is 13.3. The SMILES string of the molecule is CCOC(=O)N1CCC(N2C(=O)C(=O)/C(=C(/O)c3ccc(OC)cc3C)C2c2ccccn2)CC1. The number of methoxy groups -OCH3 is 1. The lowest BCUT2D eigenvalue weighted by Gasteiger charge is -2.38. The number of piperidine rings is 1. The minimum absolute atomic E-state index is 0.00906. The number of ether oxygens (including phenoxy) is 2. The predicted molar refractivity (Wildman–Crippen MR) is 128 cm³/mol. The molecule has 1 atom stereocenters. The Morgan fingerprint density at radius 3 is 2.51 bits per heavy atom. The van der Waals surface area contributed by atoms with Gasteiger partial charge in [0.05, 0.1) is 25.0 Å². The van der Waals surface area contributed by atoms with E-state index in [1.165, 1.54) is 4.90 Å². The molecule has 2 aromatic rings. The number of hydrogen-bond donors (Lipinski definition) is 1. The number of benzene rings is 1. The van der Waals surface area contributed by atoms with Crippen LogP contribution in [0.15, 0.2) is 48.2 Å². The summed E-state index contributed by atoms with van der Waals surface area (Å²) >= 11 is 0. The number of rotatable bonds is 5. The fourth-order valence-electron chi connectivity index (χ4n) is 4.77. The predicted octanol–water partition coefficient (Wildman–Crippen LogP) is 3.44. The Labute approximate surface area is 204 Å². The van der Waals surface area contributed by atoms with E-state index in [0.29, 0.717) is 48.5 Å². The van der Waals surface area contributed by atoms with Gasteiger partial charge in [0.2, 0.25) is 0 Å². The Morgan fingerprint density at radius 1 is 1.17 bits per heavy atom. The second-order valence-electron chi connectivity index (χ2n) is 8.56. The zero-order chi connectivity index (χ0) is 25.1. The van der Waals surface area contributed by atoms with Crippen molar-refractivity contribution in [2.75, 3.05) is 26.8 Å². The molecular formula is C26H29N3O6. The molecule has 2 amide bonds. The lowest BCUT2D eigenvalue weighted by atomic mass is 9.95. The molecule has 1 aromatic carbocycles. The first-order valence-corrected chi connectivity index (χ1v) is 11.6. The molecule has 1 unspecified atom stereocenters. The molecule has 0 spiro atoms.